The SMILES string of the molecule is Cc1ccc(N(C)Cc2c[nH]c3ccc([N+](=O)[O-])cc23)cc1. The van der Waals surface area contributed by atoms with Gasteiger partial charge in [-0.15, -0.1) is 0 Å². The Bertz CT molecular complexity index is 822. The first-order valence-corrected chi connectivity index (χ1v) is 7.07. The number of hydrogen-bond donors (Lipinski definition) is 1. The molecule has 0 radical (unpaired) electrons. The quantitative estimate of drug-likeness (QED) is 0.584. The molecule has 112 valence electrons. The van der Waals surface area contributed by atoms with Crippen molar-refractivity contribution in [1.82, 2.24) is 4.98 Å². The third-order valence-electron chi connectivity index (χ3n) is 3.84. The van der Waals surface area contributed by atoms with Gasteiger partial charge in [0.05, 0.1) is 4.92 Å². The summed E-state index contributed by atoms with van der Waals surface area (Å²) in [7, 11) is 2.01. The van der Waals surface area contributed by atoms with Crippen molar-refractivity contribution >= 4 is 22.3 Å². The van der Waals surface area contributed by atoms with E-state index in [0.717, 1.165) is 22.2 Å². The summed E-state index contributed by atoms with van der Waals surface area (Å²) < 4.78 is 0. The lowest BCUT2D eigenvalue weighted by molar-refractivity contribution is -0.384. The fourth-order valence-corrected chi connectivity index (χ4v) is 2.56. The Kier molecular flexibility index (Phi) is 3.55. The number of aromatic nitrogens is 1. The molecule has 0 aliphatic heterocycles. The molecular weight excluding hydrogens is 278 g/mol. The Morgan fingerprint density at radius 2 is 1.91 bits per heavy atom. The van der Waals surface area contributed by atoms with Crippen LogP contribution in [0.25, 0.3) is 10.9 Å². The maximum absolute atomic E-state index is 10.9. The molecule has 0 aliphatic rings. The lowest BCUT2D eigenvalue weighted by Crippen LogP contribution is -2.15. The van der Waals surface area contributed by atoms with Crippen LogP contribution in [-0.4, -0.2) is 17.0 Å². The normalized spacial score (nSPS) is 10.8. The van der Waals surface area contributed by atoms with Crippen molar-refractivity contribution in [3.63, 3.8) is 0 Å². The van der Waals surface area contributed by atoms with E-state index in [1.54, 1.807) is 12.1 Å². The average Bonchev–Trinajstić information content (AvgIpc) is 2.90. The lowest BCUT2D eigenvalue weighted by atomic mass is 10.1. The fraction of sp³-hybridized carbons (Fsp3) is 0.176. The Morgan fingerprint density at radius 3 is 2.59 bits per heavy atom. The van der Waals surface area contributed by atoms with Crippen molar-refractivity contribution in [3.05, 3.63) is 69.9 Å². The molecule has 2 aromatic carbocycles. The molecule has 0 spiro atoms. The van der Waals surface area contributed by atoms with E-state index in [-0.39, 0.29) is 10.6 Å². The molecule has 0 unspecified atom stereocenters. The summed E-state index contributed by atoms with van der Waals surface area (Å²) in [6.45, 7) is 2.74. The predicted molar refractivity (Wildman–Crippen MR) is 88.2 cm³/mol. The number of nitro groups is 1. The minimum Gasteiger partial charge on any atom is -0.370 e. The van der Waals surface area contributed by atoms with Gasteiger partial charge in [0.15, 0.2) is 0 Å². The maximum Gasteiger partial charge on any atom is 0.270 e. The third-order valence-corrected chi connectivity index (χ3v) is 3.84. The molecule has 0 saturated carbocycles. The van der Waals surface area contributed by atoms with E-state index in [0.29, 0.717) is 6.54 Å². The van der Waals surface area contributed by atoms with Crippen molar-refractivity contribution in [2.75, 3.05) is 11.9 Å². The van der Waals surface area contributed by atoms with Crippen LogP contribution < -0.4 is 4.90 Å². The molecule has 0 aliphatic carbocycles. The molecule has 0 saturated heterocycles. The number of aryl methyl sites for hydroxylation is 1. The molecule has 0 fully saturated rings. The van der Waals surface area contributed by atoms with Crippen molar-refractivity contribution in [2.24, 2.45) is 0 Å². The number of non-ortho nitro benzene ring substituents is 1. The van der Waals surface area contributed by atoms with Gasteiger partial charge < -0.3 is 9.88 Å². The second kappa shape index (κ2) is 5.52. The molecule has 1 heterocycles. The lowest BCUT2D eigenvalue weighted by Gasteiger charge is -2.19. The number of aromatic amines is 1. The van der Waals surface area contributed by atoms with E-state index in [1.807, 2.05) is 13.2 Å². The van der Waals surface area contributed by atoms with Gasteiger partial charge in [0.2, 0.25) is 0 Å². The Hall–Kier alpha value is -2.82. The van der Waals surface area contributed by atoms with Gasteiger partial charge in [-0.2, -0.15) is 0 Å². The zero-order valence-electron chi connectivity index (χ0n) is 12.5. The number of H-pyrrole nitrogens is 1. The van der Waals surface area contributed by atoms with Gasteiger partial charge in [-0.3, -0.25) is 10.1 Å². The van der Waals surface area contributed by atoms with Crippen LogP contribution in [0.15, 0.2) is 48.7 Å². The van der Waals surface area contributed by atoms with Gasteiger partial charge >= 0.3 is 0 Å². The van der Waals surface area contributed by atoms with Crippen molar-refractivity contribution in [3.8, 4) is 0 Å². The summed E-state index contributed by atoms with van der Waals surface area (Å²) in [6, 6.07) is 13.2. The minimum absolute atomic E-state index is 0.117. The summed E-state index contributed by atoms with van der Waals surface area (Å²) in [5.41, 5.74) is 4.41. The molecular formula is C17H17N3O2. The van der Waals surface area contributed by atoms with E-state index in [2.05, 4.69) is 41.1 Å². The molecule has 3 rings (SSSR count). The zero-order chi connectivity index (χ0) is 15.7. The van der Waals surface area contributed by atoms with E-state index in [4.69, 9.17) is 0 Å². The monoisotopic (exact) mass is 295 g/mol. The van der Waals surface area contributed by atoms with Crippen LogP contribution in [0.4, 0.5) is 11.4 Å². The van der Waals surface area contributed by atoms with Gasteiger partial charge in [0.1, 0.15) is 0 Å². The number of hydrogen-bond acceptors (Lipinski definition) is 3. The van der Waals surface area contributed by atoms with Crippen LogP contribution in [-0.2, 0) is 6.54 Å². The highest BCUT2D eigenvalue weighted by Crippen LogP contribution is 2.25. The molecule has 0 amide bonds. The Balaban J connectivity index is 1.91. The van der Waals surface area contributed by atoms with Gasteiger partial charge in [-0.1, -0.05) is 17.7 Å². The summed E-state index contributed by atoms with van der Waals surface area (Å²) >= 11 is 0. The molecule has 0 atom stereocenters. The molecule has 1 N–H and O–H groups in total. The van der Waals surface area contributed by atoms with E-state index in [9.17, 15) is 10.1 Å². The Labute approximate surface area is 128 Å². The van der Waals surface area contributed by atoms with Crippen molar-refractivity contribution < 1.29 is 4.92 Å². The average molecular weight is 295 g/mol. The highest BCUT2D eigenvalue weighted by molar-refractivity contribution is 5.85. The Morgan fingerprint density at radius 1 is 1.18 bits per heavy atom. The first-order valence-electron chi connectivity index (χ1n) is 7.07. The number of nitrogens with one attached hydrogen (secondary N) is 1. The second-order valence-electron chi connectivity index (χ2n) is 5.49. The molecule has 1 aromatic heterocycles. The number of anilines is 1. The second-order valence-corrected chi connectivity index (χ2v) is 5.49. The number of fused-ring (bicyclic) bond motifs is 1. The van der Waals surface area contributed by atoms with E-state index >= 15 is 0 Å². The largest absolute Gasteiger partial charge is 0.370 e. The highest BCUT2D eigenvalue weighted by atomic mass is 16.6. The van der Waals surface area contributed by atoms with Crippen molar-refractivity contribution in [1.29, 1.82) is 0 Å². The maximum atomic E-state index is 10.9. The van der Waals surface area contributed by atoms with Crippen LogP contribution in [0.2, 0.25) is 0 Å². The standard InChI is InChI=1S/C17H17N3O2/c1-12-3-5-14(6-4-12)19(2)11-13-10-18-17-8-7-15(20(21)22)9-16(13)17/h3-10,18H,11H2,1-2H3. The van der Waals surface area contributed by atoms with Crippen LogP contribution in [0.3, 0.4) is 0 Å². The molecule has 3 aromatic rings. The smallest absolute Gasteiger partial charge is 0.270 e. The van der Waals surface area contributed by atoms with Crippen LogP contribution in [0, 0.1) is 17.0 Å². The topological polar surface area (TPSA) is 62.2 Å². The van der Waals surface area contributed by atoms with Crippen molar-refractivity contribution in [2.45, 2.75) is 13.5 Å². The van der Waals surface area contributed by atoms with Gasteiger partial charge in [0.25, 0.3) is 5.69 Å². The van der Waals surface area contributed by atoms with Gasteiger partial charge in [-0.05, 0) is 30.7 Å². The summed E-state index contributed by atoms with van der Waals surface area (Å²) in [5, 5.41) is 11.8. The number of benzene rings is 2. The van der Waals surface area contributed by atoms with Crippen LogP contribution in [0.5, 0.6) is 0 Å². The summed E-state index contributed by atoms with van der Waals surface area (Å²) in [5.74, 6) is 0. The number of nitrogens with zero attached hydrogens (tertiary/aromatic N) is 2. The molecule has 22 heavy (non-hydrogen) atoms. The molecule has 0 bridgehead atoms. The first kappa shape index (κ1) is 14.1. The summed E-state index contributed by atoms with van der Waals surface area (Å²) in [4.78, 5) is 15.9. The number of nitro benzene ring substituents is 1. The predicted octanol–water partition coefficient (Wildman–Crippen LogP) is 4.02. The molecule has 5 nitrogen and oxygen atoms in total. The van der Waals surface area contributed by atoms with Crippen LogP contribution in [0.1, 0.15) is 11.1 Å². The minimum atomic E-state index is -0.361. The van der Waals surface area contributed by atoms with Crippen LogP contribution >= 0.6 is 0 Å². The fourth-order valence-electron chi connectivity index (χ4n) is 2.56. The third kappa shape index (κ3) is 2.65. The highest BCUT2D eigenvalue weighted by Gasteiger charge is 2.12. The number of rotatable bonds is 4. The van der Waals surface area contributed by atoms with E-state index < -0.39 is 0 Å². The first-order chi connectivity index (χ1) is 10.5. The molecule has 5 heteroatoms. The van der Waals surface area contributed by atoms with Gasteiger partial charge in [-0.25, -0.2) is 0 Å². The zero-order valence-corrected chi connectivity index (χ0v) is 12.5. The van der Waals surface area contributed by atoms with Gasteiger partial charge in [0, 0.05) is 48.5 Å². The summed E-state index contributed by atoms with van der Waals surface area (Å²) in [6.07, 6.45) is 1.92. The van der Waals surface area contributed by atoms with E-state index in [1.165, 1.54) is 11.6 Å².